The molecule has 0 rings (SSSR count). The molecule has 9 heteroatoms. The van der Waals surface area contributed by atoms with Crippen molar-refractivity contribution in [2.75, 3.05) is 47.5 Å². The number of phosphoric ester groups is 1. The van der Waals surface area contributed by atoms with Crippen molar-refractivity contribution < 1.29 is 37.6 Å². The Balaban J connectivity index is 3.80. The molecule has 0 spiro atoms. The molecular formula is C26H50NO7P. The van der Waals surface area contributed by atoms with Crippen LogP contribution in [0.2, 0.25) is 0 Å². The number of hydrogen-bond acceptors (Lipinski definition) is 7. The van der Waals surface area contributed by atoms with Crippen molar-refractivity contribution in [2.45, 2.75) is 90.1 Å². The molecule has 8 nitrogen and oxygen atoms in total. The van der Waals surface area contributed by atoms with Crippen LogP contribution in [-0.2, 0) is 23.1 Å². The molecule has 0 radical (unpaired) electrons. The van der Waals surface area contributed by atoms with E-state index < -0.39 is 33.1 Å². The van der Waals surface area contributed by atoms with Crippen LogP contribution in [0.15, 0.2) is 24.3 Å². The second kappa shape index (κ2) is 21.1. The van der Waals surface area contributed by atoms with Gasteiger partial charge in [0.1, 0.15) is 19.3 Å². The highest BCUT2D eigenvalue weighted by Gasteiger charge is 2.19. The first-order valence-corrected chi connectivity index (χ1v) is 14.6. The lowest BCUT2D eigenvalue weighted by Gasteiger charge is -2.28. The van der Waals surface area contributed by atoms with E-state index in [1.165, 1.54) is 25.7 Å². The van der Waals surface area contributed by atoms with Gasteiger partial charge in [-0.2, -0.15) is 0 Å². The van der Waals surface area contributed by atoms with Gasteiger partial charge in [0.15, 0.2) is 0 Å². The van der Waals surface area contributed by atoms with E-state index in [1.54, 1.807) is 0 Å². The second-order valence-electron chi connectivity index (χ2n) is 9.87. The van der Waals surface area contributed by atoms with Crippen molar-refractivity contribution in [3.63, 3.8) is 0 Å². The number of rotatable bonds is 23. The molecule has 0 aliphatic carbocycles. The molecule has 0 aliphatic heterocycles. The van der Waals surface area contributed by atoms with Crippen molar-refractivity contribution in [1.82, 2.24) is 0 Å². The highest BCUT2D eigenvalue weighted by Crippen LogP contribution is 2.38. The van der Waals surface area contributed by atoms with Gasteiger partial charge in [-0.1, -0.05) is 63.3 Å². The fraction of sp³-hybridized carbons (Fsp3) is 0.808. The highest BCUT2D eigenvalue weighted by atomic mass is 31.2. The maximum absolute atomic E-state index is 12.0. The SMILES string of the molecule is CCCCC/C=C/C/C=C/CCCCCCCC(=O)O[C@H](CO)COP(=O)([O-])OCC[N+](C)(C)C. The van der Waals surface area contributed by atoms with Gasteiger partial charge in [-0.15, -0.1) is 0 Å². The zero-order chi connectivity index (χ0) is 26.4. The van der Waals surface area contributed by atoms with Crippen LogP contribution in [0.25, 0.3) is 0 Å². The normalized spacial score (nSPS) is 15.0. The zero-order valence-electron chi connectivity index (χ0n) is 22.5. The van der Waals surface area contributed by atoms with Crippen LogP contribution in [0.5, 0.6) is 0 Å². The van der Waals surface area contributed by atoms with Gasteiger partial charge in [0.05, 0.1) is 34.4 Å². The molecular weight excluding hydrogens is 469 g/mol. The zero-order valence-corrected chi connectivity index (χ0v) is 23.4. The number of aliphatic hydroxyl groups excluding tert-OH is 1. The molecule has 0 saturated carbocycles. The molecule has 0 fully saturated rings. The number of unbranched alkanes of at least 4 members (excludes halogenated alkanes) is 8. The van der Waals surface area contributed by atoms with E-state index in [0.29, 0.717) is 17.4 Å². The molecule has 206 valence electrons. The van der Waals surface area contributed by atoms with Gasteiger partial charge < -0.3 is 28.3 Å². The summed E-state index contributed by atoms with van der Waals surface area (Å²) < 4.78 is 27.0. The van der Waals surface area contributed by atoms with Crippen LogP contribution in [0.3, 0.4) is 0 Å². The second-order valence-corrected chi connectivity index (χ2v) is 11.3. The molecule has 35 heavy (non-hydrogen) atoms. The topological polar surface area (TPSA) is 105 Å². The van der Waals surface area contributed by atoms with Crippen molar-refractivity contribution in [3.05, 3.63) is 24.3 Å². The van der Waals surface area contributed by atoms with Crippen LogP contribution in [0.1, 0.15) is 84.0 Å². The summed E-state index contributed by atoms with van der Waals surface area (Å²) in [7, 11) is 1.22. The number of nitrogens with zero attached hydrogens (tertiary/aromatic N) is 1. The number of quaternary nitrogens is 1. The number of likely N-dealkylation sites (N-methyl/N-ethyl adjacent to an activating group) is 1. The number of ether oxygens (including phenoxy) is 1. The maximum atomic E-state index is 12.0. The van der Waals surface area contributed by atoms with E-state index in [4.69, 9.17) is 13.8 Å². The number of carbonyl (C=O) groups is 1. The van der Waals surface area contributed by atoms with Crippen LogP contribution >= 0.6 is 7.82 Å². The smallest absolute Gasteiger partial charge is 0.306 e. The van der Waals surface area contributed by atoms with E-state index >= 15 is 0 Å². The van der Waals surface area contributed by atoms with Gasteiger partial charge in [0.25, 0.3) is 7.82 Å². The fourth-order valence-corrected chi connectivity index (χ4v) is 3.82. The number of aliphatic hydroxyl groups is 1. The Morgan fingerprint density at radius 2 is 1.54 bits per heavy atom. The summed E-state index contributed by atoms with van der Waals surface area (Å²) in [5, 5.41) is 9.36. The highest BCUT2D eigenvalue weighted by molar-refractivity contribution is 7.45. The molecule has 0 bridgehead atoms. The van der Waals surface area contributed by atoms with E-state index in [0.717, 1.165) is 38.5 Å². The minimum Gasteiger partial charge on any atom is -0.756 e. The standard InChI is InChI=1S/C26H50NO7P/c1-5-6-7-8-9-10-11-12-13-14-15-16-17-18-19-20-26(29)34-25(23-28)24-33-35(30,31)32-22-21-27(2,3)4/h9-10,12-13,25,28H,5-8,11,14-24H2,1-4H3/b10-9+,13-12+/t25-/m1/s1. The summed E-state index contributed by atoms with van der Waals surface area (Å²) in [6, 6.07) is 0. The lowest BCUT2D eigenvalue weighted by atomic mass is 10.1. The number of esters is 1. The van der Waals surface area contributed by atoms with E-state index in [2.05, 4.69) is 31.2 Å². The predicted molar refractivity (Wildman–Crippen MR) is 139 cm³/mol. The molecule has 0 amide bonds. The van der Waals surface area contributed by atoms with Gasteiger partial charge in [-0.25, -0.2) is 0 Å². The first kappa shape index (κ1) is 34.0. The summed E-state index contributed by atoms with van der Waals surface area (Å²) in [5.41, 5.74) is 0. The summed E-state index contributed by atoms with van der Waals surface area (Å²) >= 11 is 0. The molecule has 0 saturated heterocycles. The Hall–Kier alpha value is -1.02. The Labute approximate surface area is 213 Å². The molecule has 0 aromatic heterocycles. The quantitative estimate of drug-likeness (QED) is 0.0672. The predicted octanol–water partition coefficient (Wildman–Crippen LogP) is 4.91. The van der Waals surface area contributed by atoms with Crippen molar-refractivity contribution in [1.29, 1.82) is 0 Å². The molecule has 1 unspecified atom stereocenters. The molecule has 0 aliphatic rings. The lowest BCUT2D eigenvalue weighted by Crippen LogP contribution is -2.37. The van der Waals surface area contributed by atoms with Crippen molar-refractivity contribution in [3.8, 4) is 0 Å². The van der Waals surface area contributed by atoms with Crippen molar-refractivity contribution >= 4 is 13.8 Å². The summed E-state index contributed by atoms with van der Waals surface area (Å²) in [6.07, 6.45) is 20.2. The molecule has 1 N–H and O–H groups in total. The molecule has 0 aromatic carbocycles. The first-order valence-electron chi connectivity index (χ1n) is 13.1. The number of hydrogen-bond donors (Lipinski definition) is 1. The van der Waals surface area contributed by atoms with Gasteiger partial charge in [0.2, 0.25) is 0 Å². The summed E-state index contributed by atoms with van der Waals surface area (Å²) in [6.45, 7) is 1.71. The minimum absolute atomic E-state index is 0.0132. The largest absolute Gasteiger partial charge is 0.756 e. The first-order chi connectivity index (χ1) is 16.6. The third-order valence-corrected chi connectivity index (χ3v) is 6.23. The van der Waals surface area contributed by atoms with Gasteiger partial charge in [-0.05, 0) is 38.5 Å². The lowest BCUT2D eigenvalue weighted by molar-refractivity contribution is -0.870. The van der Waals surface area contributed by atoms with E-state index in [-0.39, 0.29) is 13.0 Å². The Kier molecular flexibility index (Phi) is 20.5. The number of allylic oxidation sites excluding steroid dienone is 4. The number of carbonyl (C=O) groups excluding carboxylic acids is 1. The average Bonchev–Trinajstić information content (AvgIpc) is 2.78. The van der Waals surface area contributed by atoms with Crippen LogP contribution in [0.4, 0.5) is 0 Å². The third kappa shape index (κ3) is 24.5. The Morgan fingerprint density at radius 1 is 0.943 bits per heavy atom. The van der Waals surface area contributed by atoms with Crippen LogP contribution in [-0.4, -0.2) is 69.2 Å². The Bertz CT molecular complexity index is 632. The van der Waals surface area contributed by atoms with E-state index in [9.17, 15) is 19.4 Å². The summed E-state index contributed by atoms with van der Waals surface area (Å²) in [5.74, 6) is -0.468. The van der Waals surface area contributed by atoms with Gasteiger partial charge >= 0.3 is 5.97 Å². The summed E-state index contributed by atoms with van der Waals surface area (Å²) in [4.78, 5) is 23.8. The third-order valence-electron chi connectivity index (χ3n) is 5.26. The fourth-order valence-electron chi connectivity index (χ4n) is 3.09. The van der Waals surface area contributed by atoms with Gasteiger partial charge in [-0.3, -0.25) is 9.36 Å². The van der Waals surface area contributed by atoms with Crippen molar-refractivity contribution in [2.24, 2.45) is 0 Å². The minimum atomic E-state index is -4.51. The van der Waals surface area contributed by atoms with Crippen LogP contribution in [0, 0.1) is 0 Å². The monoisotopic (exact) mass is 519 g/mol. The average molecular weight is 520 g/mol. The number of phosphoric acid groups is 1. The molecule has 2 atom stereocenters. The Morgan fingerprint density at radius 3 is 2.14 bits per heavy atom. The molecule has 0 aromatic rings. The van der Waals surface area contributed by atoms with Crippen LogP contribution < -0.4 is 4.89 Å². The maximum Gasteiger partial charge on any atom is 0.306 e. The van der Waals surface area contributed by atoms with Gasteiger partial charge in [0, 0.05) is 6.42 Å². The van der Waals surface area contributed by atoms with E-state index in [1.807, 2.05) is 21.1 Å². The molecule has 0 heterocycles.